The molecule has 3 aromatic rings. The molecule has 2 atom stereocenters. The van der Waals surface area contributed by atoms with Crippen LogP contribution in [0.5, 0.6) is 0 Å². The summed E-state index contributed by atoms with van der Waals surface area (Å²) in [5, 5.41) is 0.0981. The number of hydrogen-bond acceptors (Lipinski definition) is 3. The van der Waals surface area contributed by atoms with Crippen molar-refractivity contribution in [2.45, 2.75) is 25.1 Å². The third kappa shape index (κ3) is 3.62. The highest BCUT2D eigenvalue weighted by atomic mass is 35.5. The smallest absolute Gasteiger partial charge is 0.416 e. The molecule has 9 heteroatoms. The number of likely N-dealkylation sites (tertiary alicyclic amines) is 1. The number of alkyl halides is 3. The number of furan rings is 1. The minimum Gasteiger partial charge on any atom is -0.451 e. The number of pyridine rings is 1. The third-order valence-corrected chi connectivity index (χ3v) is 6.47. The number of hydrogen-bond donors (Lipinski definition) is 0. The summed E-state index contributed by atoms with van der Waals surface area (Å²) in [5.41, 5.74) is 0.107. The molecule has 0 saturated carbocycles. The summed E-state index contributed by atoms with van der Waals surface area (Å²) in [4.78, 5) is 27.0. The lowest BCUT2D eigenvalue weighted by molar-refractivity contribution is -0.137. The summed E-state index contributed by atoms with van der Waals surface area (Å²) >= 11 is 6.09. The summed E-state index contributed by atoms with van der Waals surface area (Å²) in [5.74, 6) is 0.00331. The molecule has 2 aliphatic heterocycles. The first-order chi connectivity index (χ1) is 15.2. The van der Waals surface area contributed by atoms with Crippen molar-refractivity contribution < 1.29 is 22.4 Å². The number of benzene rings is 1. The van der Waals surface area contributed by atoms with Crippen molar-refractivity contribution >= 4 is 17.5 Å². The van der Waals surface area contributed by atoms with Crippen LogP contribution in [-0.2, 0) is 12.7 Å². The molecule has 0 spiro atoms. The zero-order valence-electron chi connectivity index (χ0n) is 16.7. The first kappa shape index (κ1) is 20.9. The fraction of sp³-hybridized carbons (Fsp3) is 0.304. The molecule has 0 N–H and O–H groups in total. The number of piperidine rings is 1. The van der Waals surface area contributed by atoms with Gasteiger partial charge in [-0.1, -0.05) is 17.7 Å². The number of rotatable bonds is 2. The Morgan fingerprint density at radius 2 is 1.88 bits per heavy atom. The first-order valence-electron chi connectivity index (χ1n) is 10.2. The molecule has 2 aliphatic rings. The number of nitrogens with zero attached hydrogens (tertiary/aromatic N) is 2. The zero-order valence-corrected chi connectivity index (χ0v) is 17.5. The van der Waals surface area contributed by atoms with Gasteiger partial charge in [0.1, 0.15) is 5.76 Å². The fourth-order valence-electron chi connectivity index (χ4n) is 4.71. The Morgan fingerprint density at radius 1 is 1.06 bits per heavy atom. The van der Waals surface area contributed by atoms with E-state index in [1.54, 1.807) is 15.5 Å². The molecule has 166 valence electrons. The summed E-state index contributed by atoms with van der Waals surface area (Å²) in [7, 11) is 0. The van der Waals surface area contributed by atoms with Crippen molar-refractivity contribution in [2.24, 2.45) is 5.92 Å². The monoisotopic (exact) mass is 462 g/mol. The second-order valence-corrected chi connectivity index (χ2v) is 8.67. The normalized spacial score (nSPS) is 20.2. The van der Waals surface area contributed by atoms with Crippen LogP contribution in [0.2, 0.25) is 5.02 Å². The van der Waals surface area contributed by atoms with Crippen LogP contribution in [0.3, 0.4) is 0 Å². The Morgan fingerprint density at radius 3 is 2.66 bits per heavy atom. The van der Waals surface area contributed by atoms with Gasteiger partial charge in [-0.3, -0.25) is 9.59 Å². The Hall–Kier alpha value is -3.00. The maximum Gasteiger partial charge on any atom is 0.416 e. The molecule has 0 aliphatic carbocycles. The second-order valence-electron chi connectivity index (χ2n) is 8.26. The van der Waals surface area contributed by atoms with E-state index in [0.29, 0.717) is 19.6 Å². The Balaban J connectivity index is 1.40. The molecule has 1 saturated heterocycles. The molecule has 1 amide bonds. The molecule has 5 nitrogen and oxygen atoms in total. The molecule has 0 unspecified atom stereocenters. The van der Waals surface area contributed by atoms with E-state index in [-0.39, 0.29) is 45.4 Å². The van der Waals surface area contributed by atoms with Crippen LogP contribution >= 0.6 is 11.6 Å². The predicted octanol–water partition coefficient (Wildman–Crippen LogP) is 5.04. The highest BCUT2D eigenvalue weighted by molar-refractivity contribution is 6.33. The highest BCUT2D eigenvalue weighted by Crippen LogP contribution is 2.38. The number of halogens is 4. The molecule has 1 aromatic carbocycles. The van der Waals surface area contributed by atoms with Gasteiger partial charge >= 0.3 is 6.18 Å². The lowest BCUT2D eigenvalue weighted by Gasteiger charge is -2.42. The van der Waals surface area contributed by atoms with Crippen LogP contribution in [0.1, 0.15) is 34.2 Å². The highest BCUT2D eigenvalue weighted by Gasteiger charge is 2.37. The number of carbonyl (C=O) groups excluding carboxylic acids is 1. The maximum atomic E-state index is 13.1. The van der Waals surface area contributed by atoms with Gasteiger partial charge in [0.2, 0.25) is 0 Å². The van der Waals surface area contributed by atoms with E-state index in [1.807, 2.05) is 6.07 Å². The van der Waals surface area contributed by atoms with E-state index in [9.17, 15) is 22.8 Å². The number of carbonyl (C=O) groups is 1. The van der Waals surface area contributed by atoms with Gasteiger partial charge < -0.3 is 13.9 Å². The molecule has 4 heterocycles. The summed E-state index contributed by atoms with van der Waals surface area (Å²) in [6.07, 6.45) is -3.62. The molecule has 2 aromatic heterocycles. The zero-order chi connectivity index (χ0) is 22.6. The predicted molar refractivity (Wildman–Crippen MR) is 112 cm³/mol. The average Bonchev–Trinajstić information content (AvgIpc) is 3.23. The maximum absolute atomic E-state index is 13.1. The lowest BCUT2D eigenvalue weighted by atomic mass is 9.83. The van der Waals surface area contributed by atoms with Crippen LogP contribution in [-0.4, -0.2) is 28.5 Å². The van der Waals surface area contributed by atoms with Gasteiger partial charge in [0.15, 0.2) is 5.76 Å². The molecule has 5 rings (SSSR count). The summed E-state index contributed by atoms with van der Waals surface area (Å²) in [6.45, 7) is 1.48. The van der Waals surface area contributed by atoms with Crippen molar-refractivity contribution in [3.05, 3.63) is 80.9 Å². The standard InChI is InChI=1S/C23H18ClF3N2O3/c24-17-5-4-15(23(25,26)27)9-16(17)19-6-7-20(32-19)22(31)28-10-13-8-14(12-28)18-2-1-3-21(30)29(18)11-13/h1-7,9,13-14H,8,10-12H2/t13-,14+/m0/s1. The molecule has 0 radical (unpaired) electrons. The fourth-order valence-corrected chi connectivity index (χ4v) is 4.92. The van der Waals surface area contributed by atoms with Gasteiger partial charge in [-0.2, -0.15) is 13.2 Å². The van der Waals surface area contributed by atoms with Crippen molar-refractivity contribution in [3.8, 4) is 11.3 Å². The van der Waals surface area contributed by atoms with Crippen molar-refractivity contribution in [2.75, 3.05) is 13.1 Å². The molecule has 32 heavy (non-hydrogen) atoms. The van der Waals surface area contributed by atoms with Crippen LogP contribution in [0.15, 0.2) is 57.7 Å². The average molecular weight is 463 g/mol. The van der Waals surface area contributed by atoms with Gasteiger partial charge in [-0.15, -0.1) is 0 Å². The van der Waals surface area contributed by atoms with Crippen LogP contribution in [0, 0.1) is 5.92 Å². The molecule has 1 fully saturated rings. The van der Waals surface area contributed by atoms with Gasteiger partial charge in [0, 0.05) is 42.9 Å². The van der Waals surface area contributed by atoms with Gasteiger partial charge in [-0.25, -0.2) is 0 Å². The van der Waals surface area contributed by atoms with E-state index in [4.69, 9.17) is 16.0 Å². The number of aromatic nitrogens is 1. The van der Waals surface area contributed by atoms with Gasteiger partial charge in [-0.05, 0) is 48.7 Å². The number of fused-ring (bicyclic) bond motifs is 4. The second kappa shape index (κ2) is 7.55. The van der Waals surface area contributed by atoms with E-state index < -0.39 is 11.7 Å². The van der Waals surface area contributed by atoms with E-state index in [1.165, 1.54) is 18.2 Å². The Labute approximate surface area is 186 Å². The van der Waals surface area contributed by atoms with Crippen molar-refractivity contribution in [1.82, 2.24) is 9.47 Å². The SMILES string of the molecule is O=C(c1ccc(-c2cc(C(F)(F)F)ccc2Cl)o1)N1C[C@@H]2C[C@H](C1)c1cccc(=O)n1C2. The third-order valence-electron chi connectivity index (χ3n) is 6.14. The van der Waals surface area contributed by atoms with E-state index in [2.05, 4.69) is 0 Å². The Kier molecular flexibility index (Phi) is 4.93. The summed E-state index contributed by atoms with van der Waals surface area (Å²) in [6, 6.07) is 11.1. The molecular weight excluding hydrogens is 445 g/mol. The minimum absolute atomic E-state index is 0.0365. The van der Waals surface area contributed by atoms with E-state index in [0.717, 1.165) is 30.3 Å². The molecule has 2 bridgehead atoms. The topological polar surface area (TPSA) is 55.5 Å². The Bertz CT molecular complexity index is 1260. The lowest BCUT2D eigenvalue weighted by Crippen LogP contribution is -2.49. The van der Waals surface area contributed by atoms with Crippen LogP contribution in [0.4, 0.5) is 13.2 Å². The molecular formula is C23H18ClF3N2O3. The largest absolute Gasteiger partial charge is 0.451 e. The van der Waals surface area contributed by atoms with Gasteiger partial charge in [0.05, 0.1) is 10.6 Å². The summed E-state index contributed by atoms with van der Waals surface area (Å²) < 4.78 is 46.7. The van der Waals surface area contributed by atoms with Gasteiger partial charge in [0.25, 0.3) is 11.5 Å². The van der Waals surface area contributed by atoms with Crippen molar-refractivity contribution in [1.29, 1.82) is 0 Å². The van der Waals surface area contributed by atoms with Crippen LogP contribution in [0.25, 0.3) is 11.3 Å². The number of amides is 1. The van der Waals surface area contributed by atoms with Crippen molar-refractivity contribution in [3.63, 3.8) is 0 Å². The van der Waals surface area contributed by atoms with Crippen LogP contribution < -0.4 is 5.56 Å². The van der Waals surface area contributed by atoms with E-state index >= 15 is 0 Å². The first-order valence-corrected chi connectivity index (χ1v) is 10.5. The minimum atomic E-state index is -4.52. The quantitative estimate of drug-likeness (QED) is 0.536.